The third kappa shape index (κ3) is 2.22. The molecule has 0 radical (unpaired) electrons. The highest BCUT2D eigenvalue weighted by Crippen LogP contribution is 2.17. The SMILES string of the molecule is CONCc1ncc(Cl)s1. The molecule has 0 atom stereocenters. The molecule has 5 heteroatoms. The molecule has 0 saturated heterocycles. The highest BCUT2D eigenvalue weighted by molar-refractivity contribution is 7.15. The van der Waals surface area contributed by atoms with E-state index in [4.69, 9.17) is 11.6 Å². The zero-order chi connectivity index (χ0) is 7.40. The van der Waals surface area contributed by atoms with Gasteiger partial charge in [0.2, 0.25) is 0 Å². The fourth-order valence-electron chi connectivity index (χ4n) is 0.504. The van der Waals surface area contributed by atoms with E-state index in [0.717, 1.165) is 5.01 Å². The van der Waals surface area contributed by atoms with E-state index in [1.54, 1.807) is 13.3 Å². The summed E-state index contributed by atoms with van der Waals surface area (Å²) < 4.78 is 0.702. The van der Waals surface area contributed by atoms with Crippen LogP contribution in [-0.2, 0) is 11.4 Å². The predicted octanol–water partition coefficient (Wildman–Crippen LogP) is 1.45. The van der Waals surface area contributed by atoms with Crippen LogP contribution in [0, 0.1) is 0 Å². The van der Waals surface area contributed by atoms with Crippen molar-refractivity contribution in [1.29, 1.82) is 0 Å². The van der Waals surface area contributed by atoms with Gasteiger partial charge >= 0.3 is 0 Å². The van der Waals surface area contributed by atoms with E-state index in [0.29, 0.717) is 10.9 Å². The highest BCUT2D eigenvalue weighted by Gasteiger charge is 1.97. The number of thiazole rings is 1. The van der Waals surface area contributed by atoms with Crippen molar-refractivity contribution in [2.24, 2.45) is 0 Å². The van der Waals surface area contributed by atoms with E-state index in [1.165, 1.54) is 11.3 Å². The molecular formula is C5H7ClN2OS. The maximum atomic E-state index is 5.63. The molecule has 1 rings (SSSR count). The van der Waals surface area contributed by atoms with Crippen molar-refractivity contribution in [1.82, 2.24) is 10.5 Å². The minimum absolute atomic E-state index is 0.605. The zero-order valence-corrected chi connectivity index (χ0v) is 7.00. The van der Waals surface area contributed by atoms with Crippen molar-refractivity contribution in [2.45, 2.75) is 6.54 Å². The van der Waals surface area contributed by atoms with Crippen molar-refractivity contribution in [3.8, 4) is 0 Å². The lowest BCUT2D eigenvalue weighted by Crippen LogP contribution is -2.09. The van der Waals surface area contributed by atoms with Gasteiger partial charge in [-0.2, -0.15) is 5.48 Å². The Labute approximate surface area is 67.9 Å². The van der Waals surface area contributed by atoms with Crippen LogP contribution in [0.5, 0.6) is 0 Å². The standard InChI is InChI=1S/C5H7ClN2OS/c1-9-8-3-5-7-2-4(6)10-5/h2,8H,3H2,1H3. The van der Waals surface area contributed by atoms with Crippen molar-refractivity contribution >= 4 is 22.9 Å². The first-order valence-electron chi connectivity index (χ1n) is 2.69. The smallest absolute Gasteiger partial charge is 0.113 e. The average Bonchev–Trinajstić information content (AvgIpc) is 2.31. The van der Waals surface area contributed by atoms with E-state index >= 15 is 0 Å². The molecule has 0 bridgehead atoms. The molecule has 0 aromatic carbocycles. The summed E-state index contributed by atoms with van der Waals surface area (Å²) in [7, 11) is 1.56. The van der Waals surface area contributed by atoms with Crippen LogP contribution in [-0.4, -0.2) is 12.1 Å². The van der Waals surface area contributed by atoms with Gasteiger partial charge < -0.3 is 4.84 Å². The van der Waals surface area contributed by atoms with Crippen molar-refractivity contribution < 1.29 is 4.84 Å². The minimum Gasteiger partial charge on any atom is -0.305 e. The molecule has 1 aromatic rings. The monoisotopic (exact) mass is 178 g/mol. The Morgan fingerprint density at radius 1 is 1.90 bits per heavy atom. The summed E-state index contributed by atoms with van der Waals surface area (Å²) in [5, 5.41) is 0.923. The van der Waals surface area contributed by atoms with Crippen molar-refractivity contribution in [3.63, 3.8) is 0 Å². The van der Waals surface area contributed by atoms with E-state index in [2.05, 4.69) is 15.3 Å². The molecule has 0 fully saturated rings. The topological polar surface area (TPSA) is 34.1 Å². The van der Waals surface area contributed by atoms with Gasteiger partial charge in [-0.25, -0.2) is 4.98 Å². The molecule has 0 unspecified atom stereocenters. The van der Waals surface area contributed by atoms with E-state index < -0.39 is 0 Å². The number of aromatic nitrogens is 1. The van der Waals surface area contributed by atoms with Crippen LogP contribution in [0.15, 0.2) is 6.20 Å². The van der Waals surface area contributed by atoms with Gasteiger partial charge in [0.25, 0.3) is 0 Å². The van der Waals surface area contributed by atoms with Crippen molar-refractivity contribution in [3.05, 3.63) is 15.5 Å². The third-order valence-corrected chi connectivity index (χ3v) is 2.01. The Hall–Kier alpha value is -0.160. The van der Waals surface area contributed by atoms with Gasteiger partial charge in [0, 0.05) is 0 Å². The first-order valence-corrected chi connectivity index (χ1v) is 3.88. The summed E-state index contributed by atoms with van der Waals surface area (Å²) in [6.45, 7) is 0.605. The van der Waals surface area contributed by atoms with E-state index in [9.17, 15) is 0 Å². The van der Waals surface area contributed by atoms with Crippen LogP contribution in [0.25, 0.3) is 0 Å². The third-order valence-electron chi connectivity index (χ3n) is 0.893. The first kappa shape index (κ1) is 7.94. The highest BCUT2D eigenvalue weighted by atomic mass is 35.5. The molecule has 1 heterocycles. The predicted molar refractivity (Wildman–Crippen MR) is 41.0 cm³/mol. The Bertz CT molecular complexity index is 203. The molecule has 3 nitrogen and oxygen atoms in total. The van der Waals surface area contributed by atoms with Gasteiger partial charge in [-0.3, -0.25) is 0 Å². The van der Waals surface area contributed by atoms with Gasteiger partial charge in [-0.05, 0) is 0 Å². The summed E-state index contributed by atoms with van der Waals surface area (Å²) in [4.78, 5) is 8.63. The summed E-state index contributed by atoms with van der Waals surface area (Å²) >= 11 is 7.07. The van der Waals surface area contributed by atoms with Crippen LogP contribution in [0.2, 0.25) is 4.34 Å². The lowest BCUT2D eigenvalue weighted by atomic mass is 10.7. The number of halogens is 1. The Morgan fingerprint density at radius 2 is 2.70 bits per heavy atom. The van der Waals surface area contributed by atoms with Crippen molar-refractivity contribution in [2.75, 3.05) is 7.11 Å². The molecule has 0 spiro atoms. The molecule has 0 aliphatic heterocycles. The van der Waals surface area contributed by atoms with Crippen LogP contribution >= 0.6 is 22.9 Å². The number of nitrogens with one attached hydrogen (secondary N) is 1. The largest absolute Gasteiger partial charge is 0.305 e. The summed E-state index contributed by atoms with van der Waals surface area (Å²) in [6.07, 6.45) is 1.62. The second-order valence-corrected chi connectivity index (χ2v) is 3.33. The quantitative estimate of drug-likeness (QED) is 0.712. The van der Waals surface area contributed by atoms with Gasteiger partial charge in [0.15, 0.2) is 0 Å². The molecule has 0 aliphatic rings. The molecule has 10 heavy (non-hydrogen) atoms. The van der Waals surface area contributed by atoms with E-state index in [1.807, 2.05) is 0 Å². The number of hydrogen-bond acceptors (Lipinski definition) is 4. The zero-order valence-electron chi connectivity index (χ0n) is 5.43. The minimum atomic E-state index is 0.605. The Kier molecular flexibility index (Phi) is 3.08. The first-order chi connectivity index (χ1) is 4.83. The average molecular weight is 179 g/mol. The molecule has 1 aromatic heterocycles. The second kappa shape index (κ2) is 3.88. The van der Waals surface area contributed by atoms with Gasteiger partial charge in [-0.1, -0.05) is 11.6 Å². The number of hydroxylamine groups is 1. The maximum absolute atomic E-state index is 5.63. The molecule has 0 aliphatic carbocycles. The van der Waals surface area contributed by atoms with Crippen LogP contribution in [0.1, 0.15) is 5.01 Å². The van der Waals surface area contributed by atoms with E-state index in [-0.39, 0.29) is 0 Å². The normalized spacial score (nSPS) is 10.2. The van der Waals surface area contributed by atoms with Gasteiger partial charge in [-0.15, -0.1) is 11.3 Å². The lowest BCUT2D eigenvalue weighted by Gasteiger charge is -1.94. The fraction of sp³-hybridized carbons (Fsp3) is 0.400. The van der Waals surface area contributed by atoms with Crippen LogP contribution < -0.4 is 5.48 Å². The second-order valence-electron chi connectivity index (χ2n) is 1.58. The summed E-state index contributed by atoms with van der Waals surface area (Å²) in [6, 6.07) is 0. The summed E-state index contributed by atoms with van der Waals surface area (Å²) in [5.74, 6) is 0. The fourth-order valence-corrected chi connectivity index (χ4v) is 1.39. The lowest BCUT2D eigenvalue weighted by molar-refractivity contribution is 0.0866. The molecule has 56 valence electrons. The Balaban J connectivity index is 2.42. The maximum Gasteiger partial charge on any atom is 0.113 e. The number of rotatable bonds is 3. The molecule has 0 saturated carbocycles. The van der Waals surface area contributed by atoms with Crippen LogP contribution in [0.4, 0.5) is 0 Å². The van der Waals surface area contributed by atoms with Gasteiger partial charge in [0.05, 0.1) is 19.9 Å². The van der Waals surface area contributed by atoms with Crippen LogP contribution in [0.3, 0.4) is 0 Å². The summed E-state index contributed by atoms with van der Waals surface area (Å²) in [5.41, 5.74) is 2.67. The number of nitrogens with zero attached hydrogens (tertiary/aromatic N) is 1. The Morgan fingerprint density at radius 3 is 3.20 bits per heavy atom. The molecule has 1 N–H and O–H groups in total. The van der Waals surface area contributed by atoms with Gasteiger partial charge in [0.1, 0.15) is 9.34 Å². The molecule has 0 amide bonds. The molecular weight excluding hydrogens is 172 g/mol. The number of hydrogen-bond donors (Lipinski definition) is 1.